The van der Waals surface area contributed by atoms with Gasteiger partial charge in [-0.25, -0.2) is 0 Å². The molecular weight excluding hydrogens is 280 g/mol. The zero-order valence-electron chi connectivity index (χ0n) is 12.6. The second kappa shape index (κ2) is 5.28. The molecule has 2 bridgehead atoms. The minimum absolute atomic E-state index is 0.0553. The number of fused-ring (bicyclic) bond motifs is 4. The highest BCUT2D eigenvalue weighted by Gasteiger charge is 2.35. The van der Waals surface area contributed by atoms with E-state index in [1.54, 1.807) is 13.1 Å². The molecule has 3 aliphatic rings. The van der Waals surface area contributed by atoms with Crippen LogP contribution < -0.4 is 10.6 Å². The SMILES string of the molecule is CNc1nc2c(C(=O)N[C@@H]3CN4CCC3CC4)cccc2o1. The number of hydrogen-bond acceptors (Lipinski definition) is 5. The van der Waals surface area contributed by atoms with Gasteiger partial charge in [0, 0.05) is 19.6 Å². The van der Waals surface area contributed by atoms with Gasteiger partial charge in [-0.2, -0.15) is 4.98 Å². The first-order valence-electron chi connectivity index (χ1n) is 7.85. The largest absolute Gasteiger partial charge is 0.424 e. The van der Waals surface area contributed by atoms with Gasteiger partial charge in [-0.1, -0.05) is 6.07 Å². The van der Waals surface area contributed by atoms with E-state index >= 15 is 0 Å². The van der Waals surface area contributed by atoms with E-state index in [0.717, 1.165) is 6.54 Å². The summed E-state index contributed by atoms with van der Waals surface area (Å²) < 4.78 is 5.54. The zero-order valence-corrected chi connectivity index (χ0v) is 12.6. The molecule has 3 aliphatic heterocycles. The number of nitrogens with zero attached hydrogens (tertiary/aromatic N) is 2. The Balaban J connectivity index is 1.59. The van der Waals surface area contributed by atoms with Gasteiger partial charge in [0.1, 0.15) is 5.52 Å². The predicted octanol–water partition coefficient (Wildman–Crippen LogP) is 1.69. The van der Waals surface area contributed by atoms with Crippen molar-refractivity contribution in [1.82, 2.24) is 15.2 Å². The first-order chi connectivity index (χ1) is 10.7. The van der Waals surface area contributed by atoms with Crippen LogP contribution in [0.2, 0.25) is 0 Å². The number of oxazole rings is 1. The number of aromatic nitrogens is 1. The minimum atomic E-state index is -0.0553. The van der Waals surface area contributed by atoms with Crippen molar-refractivity contribution in [2.45, 2.75) is 18.9 Å². The number of nitrogens with one attached hydrogen (secondary N) is 2. The molecule has 2 N–H and O–H groups in total. The van der Waals surface area contributed by atoms with E-state index in [1.807, 2.05) is 12.1 Å². The molecule has 3 saturated heterocycles. The summed E-state index contributed by atoms with van der Waals surface area (Å²) in [6.45, 7) is 3.30. The van der Waals surface area contributed by atoms with Crippen molar-refractivity contribution in [2.24, 2.45) is 5.92 Å². The van der Waals surface area contributed by atoms with Crippen molar-refractivity contribution in [1.29, 1.82) is 0 Å². The lowest BCUT2D eigenvalue weighted by Gasteiger charge is -2.44. The molecule has 116 valence electrons. The molecule has 0 spiro atoms. The third kappa shape index (κ3) is 2.23. The number of carbonyl (C=O) groups excluding carboxylic acids is 1. The summed E-state index contributed by atoms with van der Waals surface area (Å²) in [4.78, 5) is 19.4. The Labute approximate surface area is 128 Å². The molecule has 1 atom stereocenters. The number of rotatable bonds is 3. The number of anilines is 1. The number of piperidine rings is 3. The Kier molecular flexibility index (Phi) is 3.26. The Morgan fingerprint density at radius 3 is 2.86 bits per heavy atom. The van der Waals surface area contributed by atoms with Gasteiger partial charge in [0.2, 0.25) is 0 Å². The van der Waals surface area contributed by atoms with E-state index in [0.29, 0.717) is 28.6 Å². The fourth-order valence-electron chi connectivity index (χ4n) is 3.61. The fraction of sp³-hybridized carbons (Fsp3) is 0.500. The summed E-state index contributed by atoms with van der Waals surface area (Å²) in [6, 6.07) is 6.15. The fourth-order valence-corrected chi connectivity index (χ4v) is 3.61. The molecule has 3 fully saturated rings. The number of hydrogen-bond donors (Lipinski definition) is 2. The van der Waals surface area contributed by atoms with Gasteiger partial charge >= 0.3 is 0 Å². The summed E-state index contributed by atoms with van der Waals surface area (Å²) in [7, 11) is 1.75. The topological polar surface area (TPSA) is 70.4 Å². The zero-order chi connectivity index (χ0) is 15.1. The Morgan fingerprint density at radius 1 is 1.36 bits per heavy atom. The van der Waals surface area contributed by atoms with Crippen LogP contribution in [0, 0.1) is 5.92 Å². The molecule has 6 heteroatoms. The third-order valence-electron chi connectivity index (χ3n) is 4.85. The van der Waals surface area contributed by atoms with Crippen LogP contribution in [-0.2, 0) is 0 Å². The van der Waals surface area contributed by atoms with Gasteiger partial charge in [-0.3, -0.25) is 4.79 Å². The lowest BCUT2D eigenvalue weighted by atomic mass is 9.84. The molecule has 0 saturated carbocycles. The summed E-state index contributed by atoms with van der Waals surface area (Å²) in [5.41, 5.74) is 1.83. The van der Waals surface area contributed by atoms with Crippen molar-refractivity contribution < 1.29 is 9.21 Å². The summed E-state index contributed by atoms with van der Waals surface area (Å²) in [5, 5.41) is 6.07. The molecule has 0 radical (unpaired) electrons. The van der Waals surface area contributed by atoms with Gasteiger partial charge in [0.25, 0.3) is 11.9 Å². The molecule has 1 amide bonds. The standard InChI is InChI=1S/C16H20N4O2/c1-17-16-19-14-11(3-2-4-13(14)22-16)15(21)18-12-9-20-7-5-10(12)6-8-20/h2-4,10,12H,5-9H2,1H3,(H,17,19)(H,18,21)/t12-/m1/s1. The Bertz CT molecular complexity index is 703. The van der Waals surface area contributed by atoms with Crippen LogP contribution in [0.1, 0.15) is 23.2 Å². The van der Waals surface area contributed by atoms with Crippen molar-refractivity contribution in [3.63, 3.8) is 0 Å². The van der Waals surface area contributed by atoms with Gasteiger partial charge in [0.15, 0.2) is 5.58 Å². The molecule has 0 unspecified atom stereocenters. The molecular formula is C16H20N4O2. The molecule has 22 heavy (non-hydrogen) atoms. The predicted molar refractivity (Wildman–Crippen MR) is 84.0 cm³/mol. The van der Waals surface area contributed by atoms with E-state index in [1.165, 1.54) is 25.9 Å². The average Bonchev–Trinajstić information content (AvgIpc) is 2.99. The Morgan fingerprint density at radius 2 is 2.18 bits per heavy atom. The normalized spacial score (nSPS) is 27.0. The van der Waals surface area contributed by atoms with Crippen LogP contribution in [0.4, 0.5) is 6.01 Å². The number of para-hydroxylation sites is 1. The number of carbonyl (C=O) groups is 1. The maximum absolute atomic E-state index is 12.7. The highest BCUT2D eigenvalue weighted by Crippen LogP contribution is 2.28. The Hall–Kier alpha value is -2.08. The van der Waals surface area contributed by atoms with E-state index < -0.39 is 0 Å². The van der Waals surface area contributed by atoms with Gasteiger partial charge in [0.05, 0.1) is 5.56 Å². The second-order valence-corrected chi connectivity index (χ2v) is 6.14. The summed E-state index contributed by atoms with van der Waals surface area (Å²) in [5.74, 6) is 0.554. The maximum Gasteiger partial charge on any atom is 0.295 e. The van der Waals surface area contributed by atoms with Crippen molar-refractivity contribution >= 4 is 23.0 Å². The average molecular weight is 300 g/mol. The van der Waals surface area contributed by atoms with Crippen LogP contribution in [0.3, 0.4) is 0 Å². The second-order valence-electron chi connectivity index (χ2n) is 6.14. The van der Waals surface area contributed by atoms with E-state index in [9.17, 15) is 4.79 Å². The molecule has 2 aromatic rings. The van der Waals surface area contributed by atoms with E-state index in [4.69, 9.17) is 4.42 Å². The van der Waals surface area contributed by atoms with E-state index in [-0.39, 0.29) is 11.9 Å². The van der Waals surface area contributed by atoms with Gasteiger partial charge < -0.3 is 20.0 Å². The first-order valence-corrected chi connectivity index (χ1v) is 7.85. The molecule has 1 aromatic heterocycles. The molecule has 1 aromatic carbocycles. The van der Waals surface area contributed by atoms with Crippen LogP contribution in [0.25, 0.3) is 11.1 Å². The quantitative estimate of drug-likeness (QED) is 0.903. The summed E-state index contributed by atoms with van der Waals surface area (Å²) >= 11 is 0. The summed E-state index contributed by atoms with van der Waals surface area (Å²) in [6.07, 6.45) is 2.37. The van der Waals surface area contributed by atoms with E-state index in [2.05, 4.69) is 20.5 Å². The van der Waals surface area contributed by atoms with Crippen LogP contribution in [0.15, 0.2) is 22.6 Å². The molecule has 0 aliphatic carbocycles. The smallest absolute Gasteiger partial charge is 0.295 e. The third-order valence-corrected chi connectivity index (χ3v) is 4.85. The molecule has 6 nitrogen and oxygen atoms in total. The van der Waals surface area contributed by atoms with Crippen molar-refractivity contribution in [2.75, 3.05) is 32.0 Å². The van der Waals surface area contributed by atoms with Crippen LogP contribution in [0.5, 0.6) is 0 Å². The molecule has 4 heterocycles. The maximum atomic E-state index is 12.7. The van der Waals surface area contributed by atoms with Crippen molar-refractivity contribution in [3.8, 4) is 0 Å². The number of amides is 1. The van der Waals surface area contributed by atoms with Gasteiger partial charge in [-0.15, -0.1) is 0 Å². The van der Waals surface area contributed by atoms with Crippen molar-refractivity contribution in [3.05, 3.63) is 23.8 Å². The monoisotopic (exact) mass is 300 g/mol. The van der Waals surface area contributed by atoms with Gasteiger partial charge in [-0.05, 0) is 44.0 Å². The highest BCUT2D eigenvalue weighted by molar-refractivity contribution is 6.04. The molecule has 5 rings (SSSR count). The van der Waals surface area contributed by atoms with Crippen LogP contribution in [-0.4, -0.2) is 48.5 Å². The first kappa shape index (κ1) is 13.6. The van der Waals surface area contributed by atoms with Crippen LogP contribution >= 0.6 is 0 Å². The highest BCUT2D eigenvalue weighted by atomic mass is 16.4. The number of benzene rings is 1. The minimum Gasteiger partial charge on any atom is -0.424 e. The lowest BCUT2D eigenvalue weighted by molar-refractivity contribution is 0.0621. The lowest BCUT2D eigenvalue weighted by Crippen LogP contribution is -2.57.